The van der Waals surface area contributed by atoms with Crippen molar-refractivity contribution in [1.82, 2.24) is 9.97 Å². The van der Waals surface area contributed by atoms with Gasteiger partial charge in [0, 0.05) is 11.8 Å². The summed E-state index contributed by atoms with van der Waals surface area (Å²) in [6, 6.07) is 7.67. The molecule has 1 heterocycles. The molecule has 0 unspecified atom stereocenters. The molecule has 0 saturated carbocycles. The van der Waals surface area contributed by atoms with Gasteiger partial charge in [0.05, 0.1) is 24.5 Å². The molecule has 5 nitrogen and oxygen atoms in total. The lowest BCUT2D eigenvalue weighted by atomic mass is 9.93. The van der Waals surface area contributed by atoms with E-state index in [2.05, 4.69) is 30.7 Å². The number of rotatable bonds is 6. The fourth-order valence-corrected chi connectivity index (χ4v) is 2.19. The monoisotopic (exact) mass is 342 g/mol. The molecule has 0 aliphatic carbocycles. The van der Waals surface area contributed by atoms with Gasteiger partial charge >= 0.3 is 5.97 Å². The number of hydrogen-bond donors (Lipinski definition) is 0. The Labute approximate surface area is 149 Å². The van der Waals surface area contributed by atoms with Crippen molar-refractivity contribution in [3.05, 3.63) is 41.7 Å². The lowest BCUT2D eigenvalue weighted by Crippen LogP contribution is -2.11. The zero-order valence-corrected chi connectivity index (χ0v) is 15.6. The van der Waals surface area contributed by atoms with Crippen molar-refractivity contribution in [2.24, 2.45) is 5.41 Å². The molecule has 2 aromatic rings. The van der Waals surface area contributed by atoms with Crippen LogP contribution in [0.15, 0.2) is 30.5 Å². The first-order valence-electron chi connectivity index (χ1n) is 8.54. The van der Waals surface area contributed by atoms with E-state index < -0.39 is 5.97 Å². The Hall–Kier alpha value is -2.43. The zero-order chi connectivity index (χ0) is 18.4. The minimum Gasteiger partial charge on any atom is -0.494 e. The van der Waals surface area contributed by atoms with Crippen molar-refractivity contribution < 1.29 is 14.3 Å². The molecule has 0 spiro atoms. The second-order valence-corrected chi connectivity index (χ2v) is 7.10. The molecule has 25 heavy (non-hydrogen) atoms. The number of ether oxygens (including phenoxy) is 2. The fraction of sp³-hybridized carbons (Fsp3) is 0.450. The zero-order valence-electron chi connectivity index (χ0n) is 15.6. The van der Waals surface area contributed by atoms with Crippen molar-refractivity contribution in [2.75, 3.05) is 13.2 Å². The van der Waals surface area contributed by atoms with E-state index in [1.165, 1.54) is 6.20 Å². The minimum absolute atomic E-state index is 0.256. The van der Waals surface area contributed by atoms with Crippen LogP contribution in [0.25, 0.3) is 11.4 Å². The lowest BCUT2D eigenvalue weighted by molar-refractivity contribution is 0.0524. The molecule has 0 N–H and O–H groups in total. The van der Waals surface area contributed by atoms with Crippen LogP contribution in [0.5, 0.6) is 5.75 Å². The molecule has 2 rings (SSSR count). The van der Waals surface area contributed by atoms with E-state index in [-0.39, 0.29) is 5.41 Å². The molecular formula is C20H26N2O3. The van der Waals surface area contributed by atoms with Crippen molar-refractivity contribution in [3.8, 4) is 17.1 Å². The third-order valence-corrected chi connectivity index (χ3v) is 3.71. The molecule has 1 aromatic carbocycles. The maximum atomic E-state index is 11.8. The largest absolute Gasteiger partial charge is 0.494 e. The van der Waals surface area contributed by atoms with Crippen LogP contribution in [0.2, 0.25) is 0 Å². The molecule has 0 saturated heterocycles. The molecule has 0 fully saturated rings. The minimum atomic E-state index is -0.394. The molecular weight excluding hydrogens is 316 g/mol. The van der Waals surface area contributed by atoms with Gasteiger partial charge in [0.25, 0.3) is 0 Å². The van der Waals surface area contributed by atoms with Gasteiger partial charge in [-0.15, -0.1) is 0 Å². The quantitative estimate of drug-likeness (QED) is 0.726. The van der Waals surface area contributed by atoms with Gasteiger partial charge in [-0.2, -0.15) is 0 Å². The first kappa shape index (κ1) is 18.9. The summed E-state index contributed by atoms with van der Waals surface area (Å²) < 4.78 is 10.8. The molecule has 1 aromatic heterocycles. The van der Waals surface area contributed by atoms with Gasteiger partial charge in [-0.1, -0.05) is 20.8 Å². The molecule has 0 atom stereocenters. The van der Waals surface area contributed by atoms with E-state index in [0.717, 1.165) is 17.7 Å². The molecule has 5 heteroatoms. The fourth-order valence-electron chi connectivity index (χ4n) is 2.19. The predicted molar refractivity (Wildman–Crippen MR) is 97.7 cm³/mol. The van der Waals surface area contributed by atoms with Gasteiger partial charge in [0.15, 0.2) is 5.82 Å². The molecule has 0 aliphatic heterocycles. The van der Waals surface area contributed by atoms with Crippen LogP contribution in [0, 0.1) is 12.3 Å². The maximum absolute atomic E-state index is 11.8. The summed E-state index contributed by atoms with van der Waals surface area (Å²) in [5.41, 5.74) is 2.13. The molecule has 0 radical (unpaired) electrons. The number of carbonyl (C=O) groups is 1. The van der Waals surface area contributed by atoms with Crippen LogP contribution in [0.3, 0.4) is 0 Å². The average Bonchev–Trinajstić information content (AvgIpc) is 2.54. The van der Waals surface area contributed by atoms with E-state index in [0.29, 0.717) is 30.3 Å². The summed E-state index contributed by atoms with van der Waals surface area (Å²) in [4.78, 5) is 20.5. The number of hydrogen-bond acceptors (Lipinski definition) is 5. The van der Waals surface area contributed by atoms with Crippen molar-refractivity contribution in [1.29, 1.82) is 0 Å². The van der Waals surface area contributed by atoms with E-state index in [4.69, 9.17) is 9.47 Å². The molecule has 134 valence electrons. The predicted octanol–water partition coefficient (Wildman–Crippen LogP) is 4.44. The third kappa shape index (κ3) is 5.55. The van der Waals surface area contributed by atoms with E-state index in [1.54, 1.807) is 13.8 Å². The van der Waals surface area contributed by atoms with Gasteiger partial charge in [-0.25, -0.2) is 14.8 Å². The van der Waals surface area contributed by atoms with Gasteiger partial charge in [-0.3, -0.25) is 0 Å². The van der Waals surface area contributed by atoms with E-state index in [9.17, 15) is 4.79 Å². The maximum Gasteiger partial charge on any atom is 0.341 e. The van der Waals surface area contributed by atoms with Crippen LogP contribution in [-0.4, -0.2) is 29.2 Å². The van der Waals surface area contributed by atoms with Gasteiger partial charge in [-0.05, 0) is 49.9 Å². The van der Waals surface area contributed by atoms with Crippen LogP contribution in [0.4, 0.5) is 0 Å². The standard InChI is InChI=1S/C20H26N2O3/c1-6-24-19(23)17-13-21-18(22-14(17)2)15-7-9-16(10-8-15)25-12-11-20(3,4)5/h7-10,13H,6,11-12H2,1-5H3. The number of aromatic nitrogens is 2. The van der Waals surface area contributed by atoms with E-state index >= 15 is 0 Å². The Morgan fingerprint density at radius 1 is 1.16 bits per heavy atom. The van der Waals surface area contributed by atoms with Crippen LogP contribution in [0.1, 0.15) is 50.2 Å². The summed E-state index contributed by atoms with van der Waals surface area (Å²) in [5, 5.41) is 0. The first-order chi connectivity index (χ1) is 11.8. The summed E-state index contributed by atoms with van der Waals surface area (Å²) in [7, 11) is 0. The van der Waals surface area contributed by atoms with Crippen molar-refractivity contribution >= 4 is 5.97 Å². The van der Waals surface area contributed by atoms with Gasteiger partial charge in [0.1, 0.15) is 5.75 Å². The number of aryl methyl sites for hydroxylation is 1. The highest BCUT2D eigenvalue weighted by atomic mass is 16.5. The van der Waals surface area contributed by atoms with E-state index in [1.807, 2.05) is 24.3 Å². The van der Waals surface area contributed by atoms with Crippen LogP contribution in [-0.2, 0) is 4.74 Å². The average molecular weight is 342 g/mol. The third-order valence-electron chi connectivity index (χ3n) is 3.71. The highest BCUT2D eigenvalue weighted by molar-refractivity contribution is 5.90. The highest BCUT2D eigenvalue weighted by Crippen LogP contribution is 2.22. The SMILES string of the molecule is CCOC(=O)c1cnc(-c2ccc(OCCC(C)(C)C)cc2)nc1C. The smallest absolute Gasteiger partial charge is 0.341 e. The number of nitrogens with zero attached hydrogens (tertiary/aromatic N) is 2. The second kappa shape index (κ2) is 8.10. The summed E-state index contributed by atoms with van der Waals surface area (Å²) >= 11 is 0. The topological polar surface area (TPSA) is 61.3 Å². The summed E-state index contributed by atoms with van der Waals surface area (Å²) in [6.07, 6.45) is 2.51. The highest BCUT2D eigenvalue weighted by Gasteiger charge is 2.14. The number of esters is 1. The Morgan fingerprint density at radius 3 is 2.40 bits per heavy atom. The Kier molecular flexibility index (Phi) is 6.12. The molecule has 0 aliphatic rings. The lowest BCUT2D eigenvalue weighted by Gasteiger charge is -2.18. The second-order valence-electron chi connectivity index (χ2n) is 7.10. The van der Waals surface area contributed by atoms with Crippen molar-refractivity contribution in [3.63, 3.8) is 0 Å². The van der Waals surface area contributed by atoms with Gasteiger partial charge < -0.3 is 9.47 Å². The van der Waals surface area contributed by atoms with Crippen LogP contribution >= 0.6 is 0 Å². The summed E-state index contributed by atoms with van der Waals surface area (Å²) in [6.45, 7) is 11.1. The number of carbonyl (C=O) groups excluding carboxylic acids is 1. The number of benzene rings is 1. The van der Waals surface area contributed by atoms with Crippen molar-refractivity contribution in [2.45, 2.75) is 41.0 Å². The first-order valence-corrected chi connectivity index (χ1v) is 8.54. The van der Waals surface area contributed by atoms with Crippen LogP contribution < -0.4 is 4.74 Å². The Balaban J connectivity index is 2.07. The molecule has 0 bridgehead atoms. The van der Waals surface area contributed by atoms with Gasteiger partial charge in [0.2, 0.25) is 0 Å². The Morgan fingerprint density at radius 2 is 1.84 bits per heavy atom. The summed E-state index contributed by atoms with van der Waals surface area (Å²) in [5.74, 6) is 1.01. The Bertz CT molecular complexity index is 719. The molecule has 0 amide bonds. The normalized spacial score (nSPS) is 11.2.